The molecule has 0 unspecified atom stereocenters. The van der Waals surface area contributed by atoms with Gasteiger partial charge in [0.05, 0.1) is 6.61 Å². The first-order chi connectivity index (χ1) is 13.7. The average molecular weight is 388 g/mol. The highest BCUT2D eigenvalue weighted by Crippen LogP contribution is 2.25. The molecular weight excluding hydrogens is 350 g/mol. The number of aliphatic imine (C=N–C) groups is 1. The highest BCUT2D eigenvalue weighted by Gasteiger charge is 2.12. The summed E-state index contributed by atoms with van der Waals surface area (Å²) in [4.78, 5) is 9.77. The van der Waals surface area contributed by atoms with Crippen LogP contribution in [-0.4, -0.2) is 81.8 Å². The van der Waals surface area contributed by atoms with Crippen LogP contribution in [-0.2, 0) is 12.8 Å². The molecule has 2 heterocycles. The zero-order chi connectivity index (χ0) is 19.6. The van der Waals surface area contributed by atoms with Crippen molar-refractivity contribution in [2.24, 2.45) is 4.99 Å². The molecule has 3 rings (SSSR count). The summed E-state index contributed by atoms with van der Waals surface area (Å²) in [7, 11) is 2.22. The molecule has 0 spiro atoms. The van der Waals surface area contributed by atoms with E-state index >= 15 is 0 Å². The topological polar surface area (TPSA) is 52.1 Å². The van der Waals surface area contributed by atoms with Gasteiger partial charge in [0, 0.05) is 39.1 Å². The highest BCUT2D eigenvalue weighted by atomic mass is 16.5. The minimum Gasteiger partial charge on any atom is -0.493 e. The molecule has 6 nitrogen and oxygen atoms in total. The molecule has 0 amide bonds. The van der Waals surface area contributed by atoms with Crippen LogP contribution in [0, 0.1) is 0 Å². The highest BCUT2D eigenvalue weighted by molar-refractivity contribution is 5.79. The molecule has 0 atom stereocenters. The second kappa shape index (κ2) is 11.3. The summed E-state index contributed by atoms with van der Waals surface area (Å²) < 4.78 is 5.59. The van der Waals surface area contributed by atoms with Gasteiger partial charge < -0.3 is 25.2 Å². The number of fused-ring (bicyclic) bond motifs is 1. The number of guanidine groups is 1. The second-order valence-corrected chi connectivity index (χ2v) is 7.83. The number of likely N-dealkylation sites (N-methyl/N-ethyl adjacent to an activating group) is 1. The number of benzene rings is 1. The van der Waals surface area contributed by atoms with E-state index in [0.717, 1.165) is 63.8 Å². The van der Waals surface area contributed by atoms with E-state index in [9.17, 15) is 0 Å². The molecule has 6 heteroatoms. The zero-order valence-electron chi connectivity index (χ0n) is 17.7. The summed E-state index contributed by atoms with van der Waals surface area (Å²) in [6.45, 7) is 11.6. The predicted octanol–water partition coefficient (Wildman–Crippen LogP) is 1.75. The van der Waals surface area contributed by atoms with Crippen molar-refractivity contribution in [3.8, 4) is 5.75 Å². The van der Waals surface area contributed by atoms with E-state index in [1.54, 1.807) is 0 Å². The molecule has 2 aliphatic rings. The fourth-order valence-corrected chi connectivity index (χ4v) is 3.87. The van der Waals surface area contributed by atoms with Gasteiger partial charge in [-0.05, 0) is 70.1 Å². The number of nitrogens with zero attached hydrogens (tertiary/aromatic N) is 3. The van der Waals surface area contributed by atoms with Gasteiger partial charge in [0.1, 0.15) is 5.75 Å². The Morgan fingerprint density at radius 3 is 3.00 bits per heavy atom. The van der Waals surface area contributed by atoms with Gasteiger partial charge in [-0.1, -0.05) is 12.1 Å². The quantitative estimate of drug-likeness (QED) is 0.404. The first-order valence-corrected chi connectivity index (χ1v) is 10.9. The van der Waals surface area contributed by atoms with E-state index in [2.05, 4.69) is 52.6 Å². The smallest absolute Gasteiger partial charge is 0.191 e. The maximum Gasteiger partial charge on any atom is 0.191 e. The van der Waals surface area contributed by atoms with Crippen molar-refractivity contribution in [1.29, 1.82) is 0 Å². The first kappa shape index (κ1) is 20.9. The van der Waals surface area contributed by atoms with E-state index in [0.29, 0.717) is 0 Å². The van der Waals surface area contributed by atoms with E-state index in [1.807, 2.05) is 0 Å². The number of hydrogen-bond donors (Lipinski definition) is 2. The van der Waals surface area contributed by atoms with Crippen LogP contribution >= 0.6 is 0 Å². The fraction of sp³-hybridized carbons (Fsp3) is 0.682. The molecule has 156 valence electrons. The first-order valence-electron chi connectivity index (χ1n) is 10.9. The van der Waals surface area contributed by atoms with Crippen molar-refractivity contribution in [3.05, 3.63) is 29.3 Å². The van der Waals surface area contributed by atoms with E-state index in [4.69, 9.17) is 9.73 Å². The van der Waals surface area contributed by atoms with Gasteiger partial charge in [-0.15, -0.1) is 0 Å². The summed E-state index contributed by atoms with van der Waals surface area (Å²) in [5.74, 6) is 1.99. The molecule has 2 N–H and O–H groups in total. The predicted molar refractivity (Wildman–Crippen MR) is 116 cm³/mol. The van der Waals surface area contributed by atoms with Gasteiger partial charge in [-0.3, -0.25) is 4.99 Å². The van der Waals surface area contributed by atoms with Crippen LogP contribution < -0.4 is 15.4 Å². The van der Waals surface area contributed by atoms with Crippen molar-refractivity contribution in [2.45, 2.75) is 32.6 Å². The van der Waals surface area contributed by atoms with Crippen LogP contribution in [0.25, 0.3) is 0 Å². The van der Waals surface area contributed by atoms with E-state index in [-0.39, 0.29) is 0 Å². The van der Waals surface area contributed by atoms with Gasteiger partial charge in [0.25, 0.3) is 0 Å². The SMILES string of the molecule is CCNC(=NCCCN1CCCN(C)CC1)NCCc1ccc2c(c1)CCO2. The van der Waals surface area contributed by atoms with Crippen LogP contribution in [0.4, 0.5) is 0 Å². The van der Waals surface area contributed by atoms with Crippen molar-refractivity contribution in [1.82, 2.24) is 20.4 Å². The minimum atomic E-state index is 0.822. The Morgan fingerprint density at radius 2 is 2.11 bits per heavy atom. The molecule has 1 aromatic carbocycles. The van der Waals surface area contributed by atoms with Gasteiger partial charge in [-0.2, -0.15) is 0 Å². The molecule has 1 saturated heterocycles. The van der Waals surface area contributed by atoms with Crippen molar-refractivity contribution < 1.29 is 4.74 Å². The second-order valence-electron chi connectivity index (χ2n) is 7.83. The third-order valence-electron chi connectivity index (χ3n) is 5.52. The van der Waals surface area contributed by atoms with Crippen LogP contribution in [0.2, 0.25) is 0 Å². The summed E-state index contributed by atoms with van der Waals surface area (Å²) >= 11 is 0. The van der Waals surface area contributed by atoms with Crippen molar-refractivity contribution >= 4 is 5.96 Å². The lowest BCUT2D eigenvalue weighted by Gasteiger charge is -2.19. The molecule has 1 fully saturated rings. The molecule has 0 aromatic heterocycles. The van der Waals surface area contributed by atoms with Crippen LogP contribution in [0.15, 0.2) is 23.2 Å². The lowest BCUT2D eigenvalue weighted by atomic mass is 10.1. The maximum absolute atomic E-state index is 5.59. The van der Waals surface area contributed by atoms with Gasteiger partial charge in [0.15, 0.2) is 5.96 Å². The fourth-order valence-electron chi connectivity index (χ4n) is 3.87. The Hall–Kier alpha value is -1.79. The number of nitrogens with one attached hydrogen (secondary N) is 2. The lowest BCUT2D eigenvalue weighted by molar-refractivity contribution is 0.275. The largest absolute Gasteiger partial charge is 0.493 e. The maximum atomic E-state index is 5.59. The molecule has 0 saturated carbocycles. The minimum absolute atomic E-state index is 0.822. The van der Waals surface area contributed by atoms with E-state index in [1.165, 1.54) is 43.7 Å². The summed E-state index contributed by atoms with van der Waals surface area (Å²) in [6, 6.07) is 6.57. The zero-order valence-corrected chi connectivity index (χ0v) is 17.7. The Labute approximate surface area is 170 Å². The average Bonchev–Trinajstić information content (AvgIpc) is 3.06. The third-order valence-corrected chi connectivity index (χ3v) is 5.52. The van der Waals surface area contributed by atoms with Crippen molar-refractivity contribution in [3.63, 3.8) is 0 Å². The normalized spacial score (nSPS) is 18.4. The number of rotatable bonds is 8. The van der Waals surface area contributed by atoms with E-state index < -0.39 is 0 Å². The Morgan fingerprint density at radius 1 is 1.18 bits per heavy atom. The molecular formula is C22H37N5O. The molecule has 1 aromatic rings. The van der Waals surface area contributed by atoms with Crippen LogP contribution in [0.5, 0.6) is 5.75 Å². The molecule has 28 heavy (non-hydrogen) atoms. The molecule has 0 bridgehead atoms. The van der Waals surface area contributed by atoms with Crippen LogP contribution in [0.1, 0.15) is 30.9 Å². The Bertz CT molecular complexity index is 633. The third kappa shape index (κ3) is 6.67. The Balaban J connectivity index is 1.37. The summed E-state index contributed by atoms with van der Waals surface area (Å²) in [6.07, 6.45) is 4.43. The monoisotopic (exact) mass is 387 g/mol. The molecule has 2 aliphatic heterocycles. The van der Waals surface area contributed by atoms with Crippen molar-refractivity contribution in [2.75, 3.05) is 66.0 Å². The van der Waals surface area contributed by atoms with Gasteiger partial charge in [0.2, 0.25) is 0 Å². The lowest BCUT2D eigenvalue weighted by Crippen LogP contribution is -2.38. The summed E-state index contributed by atoms with van der Waals surface area (Å²) in [5.41, 5.74) is 2.71. The Kier molecular flexibility index (Phi) is 8.42. The number of ether oxygens (including phenoxy) is 1. The summed E-state index contributed by atoms with van der Waals surface area (Å²) in [5, 5.41) is 6.84. The number of hydrogen-bond acceptors (Lipinski definition) is 4. The molecule has 0 radical (unpaired) electrons. The standard InChI is InChI=1S/C22H37N5O/c1-3-23-22(24-10-4-13-27-14-5-12-26(2)15-16-27)25-11-8-19-6-7-21-20(18-19)9-17-28-21/h6-7,18H,3-5,8-17H2,1-2H3,(H2,23,24,25). The van der Waals surface area contributed by atoms with Gasteiger partial charge >= 0.3 is 0 Å². The van der Waals surface area contributed by atoms with Crippen LogP contribution in [0.3, 0.4) is 0 Å². The van der Waals surface area contributed by atoms with Gasteiger partial charge in [-0.25, -0.2) is 0 Å². The molecule has 0 aliphatic carbocycles.